The number of morpholine rings is 1. The molecule has 1 saturated heterocycles. The first-order valence-electron chi connectivity index (χ1n) is 10.4. The van der Waals surface area contributed by atoms with E-state index in [9.17, 15) is 4.79 Å². The SMILES string of the molecule is CCC[C@H](C(=O)N1CCOCC1)n1c(Cc2c(Cl)cccc2Cl)nc2ccccc21. The van der Waals surface area contributed by atoms with E-state index >= 15 is 0 Å². The lowest BCUT2D eigenvalue weighted by molar-refractivity contribution is -0.139. The van der Waals surface area contributed by atoms with Crippen molar-refractivity contribution in [1.82, 2.24) is 14.5 Å². The van der Waals surface area contributed by atoms with Gasteiger partial charge in [0.1, 0.15) is 11.9 Å². The Morgan fingerprint density at radius 2 is 1.80 bits per heavy atom. The van der Waals surface area contributed by atoms with Crippen molar-refractivity contribution in [2.75, 3.05) is 26.3 Å². The molecule has 1 aliphatic rings. The molecule has 2 aromatic carbocycles. The molecule has 1 amide bonds. The fourth-order valence-corrected chi connectivity index (χ4v) is 4.59. The predicted molar refractivity (Wildman–Crippen MR) is 120 cm³/mol. The van der Waals surface area contributed by atoms with Gasteiger partial charge in [-0.2, -0.15) is 0 Å². The molecule has 158 valence electrons. The Morgan fingerprint density at radius 1 is 1.10 bits per heavy atom. The largest absolute Gasteiger partial charge is 0.378 e. The van der Waals surface area contributed by atoms with Gasteiger partial charge in [0, 0.05) is 29.6 Å². The number of nitrogens with zero attached hydrogens (tertiary/aromatic N) is 3. The number of ether oxygens (including phenoxy) is 1. The first-order chi connectivity index (χ1) is 14.6. The number of carbonyl (C=O) groups excluding carboxylic acids is 1. The van der Waals surface area contributed by atoms with E-state index in [0.29, 0.717) is 42.8 Å². The number of hydrogen-bond donors (Lipinski definition) is 0. The van der Waals surface area contributed by atoms with Crippen molar-refractivity contribution in [2.24, 2.45) is 0 Å². The van der Waals surface area contributed by atoms with Gasteiger partial charge in [-0.05, 0) is 36.2 Å². The van der Waals surface area contributed by atoms with Crippen LogP contribution in [0.25, 0.3) is 11.0 Å². The van der Waals surface area contributed by atoms with Crippen LogP contribution in [0.5, 0.6) is 0 Å². The molecule has 1 fully saturated rings. The fourth-order valence-electron chi connectivity index (χ4n) is 4.06. The van der Waals surface area contributed by atoms with Gasteiger partial charge in [0.2, 0.25) is 5.91 Å². The minimum atomic E-state index is -0.322. The molecule has 0 aliphatic carbocycles. The van der Waals surface area contributed by atoms with Crippen molar-refractivity contribution in [3.8, 4) is 0 Å². The molecule has 4 rings (SSSR count). The number of hydrogen-bond acceptors (Lipinski definition) is 3. The van der Waals surface area contributed by atoms with Gasteiger partial charge < -0.3 is 14.2 Å². The molecule has 1 atom stereocenters. The summed E-state index contributed by atoms with van der Waals surface area (Å²) in [6.07, 6.45) is 2.09. The molecule has 0 spiro atoms. The second-order valence-electron chi connectivity index (χ2n) is 7.51. The zero-order valence-corrected chi connectivity index (χ0v) is 18.5. The minimum absolute atomic E-state index is 0.120. The third-order valence-corrected chi connectivity index (χ3v) is 6.26. The maximum atomic E-state index is 13.5. The van der Waals surface area contributed by atoms with Crippen LogP contribution in [0, 0.1) is 0 Å². The normalized spacial score (nSPS) is 15.5. The van der Waals surface area contributed by atoms with Crippen LogP contribution >= 0.6 is 23.2 Å². The third-order valence-electron chi connectivity index (χ3n) is 5.55. The van der Waals surface area contributed by atoms with Gasteiger partial charge in [-0.1, -0.05) is 54.7 Å². The summed E-state index contributed by atoms with van der Waals surface area (Å²) in [5.41, 5.74) is 2.65. The molecule has 5 nitrogen and oxygen atoms in total. The van der Waals surface area contributed by atoms with Crippen LogP contribution in [0.15, 0.2) is 42.5 Å². The Balaban J connectivity index is 1.80. The van der Waals surface area contributed by atoms with Gasteiger partial charge in [-0.15, -0.1) is 0 Å². The highest BCUT2D eigenvalue weighted by Crippen LogP contribution is 2.31. The lowest BCUT2D eigenvalue weighted by Crippen LogP contribution is -2.44. The molecule has 2 heterocycles. The molecule has 0 N–H and O–H groups in total. The van der Waals surface area contributed by atoms with E-state index in [0.717, 1.165) is 35.3 Å². The number of fused-ring (bicyclic) bond motifs is 1. The summed E-state index contributed by atoms with van der Waals surface area (Å²) in [5.74, 6) is 0.918. The van der Waals surface area contributed by atoms with Gasteiger partial charge in [0.15, 0.2) is 0 Å². The average molecular weight is 446 g/mol. The van der Waals surface area contributed by atoms with E-state index in [1.807, 2.05) is 47.4 Å². The van der Waals surface area contributed by atoms with E-state index in [4.69, 9.17) is 32.9 Å². The summed E-state index contributed by atoms with van der Waals surface area (Å²) in [6, 6.07) is 13.1. The van der Waals surface area contributed by atoms with Gasteiger partial charge in [0.25, 0.3) is 0 Å². The molecular formula is C23H25Cl2N3O2. The van der Waals surface area contributed by atoms with Crippen molar-refractivity contribution in [3.63, 3.8) is 0 Å². The Hall–Kier alpha value is -2.08. The molecule has 0 unspecified atom stereocenters. The van der Waals surface area contributed by atoms with Crippen LogP contribution in [-0.2, 0) is 16.0 Å². The van der Waals surface area contributed by atoms with Gasteiger partial charge >= 0.3 is 0 Å². The minimum Gasteiger partial charge on any atom is -0.378 e. The molecule has 30 heavy (non-hydrogen) atoms. The topological polar surface area (TPSA) is 47.4 Å². The van der Waals surface area contributed by atoms with Crippen molar-refractivity contribution < 1.29 is 9.53 Å². The summed E-state index contributed by atoms with van der Waals surface area (Å²) in [4.78, 5) is 20.3. The van der Waals surface area contributed by atoms with Crippen LogP contribution in [0.4, 0.5) is 0 Å². The zero-order chi connectivity index (χ0) is 21.1. The molecule has 0 bridgehead atoms. The van der Waals surface area contributed by atoms with Crippen molar-refractivity contribution in [3.05, 3.63) is 63.9 Å². The highest BCUT2D eigenvalue weighted by molar-refractivity contribution is 6.36. The second-order valence-corrected chi connectivity index (χ2v) is 8.32. The molecule has 0 radical (unpaired) electrons. The van der Waals surface area contributed by atoms with Gasteiger partial charge in [0.05, 0.1) is 24.2 Å². The Kier molecular flexibility index (Phi) is 6.61. The number of rotatable bonds is 6. The van der Waals surface area contributed by atoms with Gasteiger partial charge in [-0.25, -0.2) is 4.98 Å². The molecule has 1 aliphatic heterocycles. The number of halogens is 2. The van der Waals surface area contributed by atoms with Crippen molar-refractivity contribution >= 4 is 40.1 Å². The lowest BCUT2D eigenvalue weighted by atomic mass is 10.1. The Morgan fingerprint density at radius 3 is 2.50 bits per heavy atom. The molecular weight excluding hydrogens is 421 g/mol. The molecule has 0 saturated carbocycles. The standard InChI is InChI=1S/C23H25Cl2N3O2/c1-2-6-21(23(29)27-11-13-30-14-12-27)28-20-10-4-3-9-19(20)26-22(28)15-16-17(24)7-5-8-18(16)25/h3-5,7-10,21H,2,6,11-15H2,1H3/t21-/m1/s1. The maximum Gasteiger partial charge on any atom is 0.245 e. The van der Waals surface area contributed by atoms with Crippen molar-refractivity contribution in [1.29, 1.82) is 0 Å². The van der Waals surface area contributed by atoms with E-state index in [1.165, 1.54) is 0 Å². The predicted octanol–water partition coefficient (Wildman–Crippen LogP) is 5.13. The summed E-state index contributed by atoms with van der Waals surface area (Å²) < 4.78 is 7.53. The Bertz CT molecular complexity index is 1020. The number of carbonyl (C=O) groups is 1. The smallest absolute Gasteiger partial charge is 0.245 e. The average Bonchev–Trinajstić information content (AvgIpc) is 3.12. The summed E-state index contributed by atoms with van der Waals surface area (Å²) >= 11 is 12.9. The maximum absolute atomic E-state index is 13.5. The van der Waals surface area contributed by atoms with Crippen LogP contribution in [0.3, 0.4) is 0 Å². The summed E-state index contributed by atoms with van der Waals surface area (Å²) in [5, 5.41) is 1.21. The van der Waals surface area contributed by atoms with E-state index < -0.39 is 0 Å². The van der Waals surface area contributed by atoms with Gasteiger partial charge in [-0.3, -0.25) is 4.79 Å². The second kappa shape index (κ2) is 9.38. The van der Waals surface area contributed by atoms with Crippen LogP contribution in [0.2, 0.25) is 10.0 Å². The number of para-hydroxylation sites is 2. The van der Waals surface area contributed by atoms with E-state index in [-0.39, 0.29) is 11.9 Å². The number of amides is 1. The summed E-state index contributed by atoms with van der Waals surface area (Å²) in [7, 11) is 0. The van der Waals surface area contributed by atoms with Crippen molar-refractivity contribution in [2.45, 2.75) is 32.2 Å². The first-order valence-corrected chi connectivity index (χ1v) is 11.1. The first kappa shape index (κ1) is 21.2. The molecule has 3 aromatic rings. The highest BCUT2D eigenvalue weighted by atomic mass is 35.5. The third kappa shape index (κ3) is 4.20. The lowest BCUT2D eigenvalue weighted by Gasteiger charge is -2.31. The quantitative estimate of drug-likeness (QED) is 0.527. The monoisotopic (exact) mass is 445 g/mol. The van der Waals surface area contributed by atoms with Crippen LogP contribution in [-0.4, -0.2) is 46.7 Å². The van der Waals surface area contributed by atoms with Crippen LogP contribution < -0.4 is 0 Å². The number of benzene rings is 2. The zero-order valence-electron chi connectivity index (χ0n) is 17.0. The Labute approximate surface area is 186 Å². The van der Waals surface area contributed by atoms with E-state index in [1.54, 1.807) is 0 Å². The van der Waals surface area contributed by atoms with Crippen LogP contribution in [0.1, 0.15) is 37.2 Å². The number of aromatic nitrogens is 2. The highest BCUT2D eigenvalue weighted by Gasteiger charge is 2.30. The van der Waals surface area contributed by atoms with E-state index in [2.05, 4.69) is 11.5 Å². The molecule has 1 aromatic heterocycles. The number of imidazole rings is 1. The fraction of sp³-hybridized carbons (Fsp3) is 0.391. The summed E-state index contributed by atoms with van der Waals surface area (Å²) in [6.45, 7) is 4.51. The molecule has 7 heteroatoms.